The number of rotatable bonds is 4. The summed E-state index contributed by atoms with van der Waals surface area (Å²) in [6.45, 7) is 0.470. The van der Waals surface area contributed by atoms with Crippen molar-refractivity contribution in [2.75, 3.05) is 6.54 Å². The number of amides is 1. The van der Waals surface area contributed by atoms with Crippen LogP contribution in [-0.4, -0.2) is 12.5 Å². The first-order valence-electron chi connectivity index (χ1n) is 6.01. The molecule has 2 aromatic carbocycles. The zero-order chi connectivity index (χ0) is 13.7. The van der Waals surface area contributed by atoms with E-state index in [2.05, 4.69) is 5.32 Å². The van der Waals surface area contributed by atoms with Gasteiger partial charge in [-0.05, 0) is 28.8 Å². The second-order valence-corrected chi connectivity index (χ2v) is 4.58. The van der Waals surface area contributed by atoms with Gasteiger partial charge in [-0.15, -0.1) is 0 Å². The molecule has 0 radical (unpaired) electrons. The molecule has 3 nitrogen and oxygen atoms in total. The van der Waals surface area contributed by atoms with E-state index in [-0.39, 0.29) is 12.5 Å². The summed E-state index contributed by atoms with van der Waals surface area (Å²) in [5.74, 6) is -0.161. The third-order valence-electron chi connectivity index (χ3n) is 2.83. The Morgan fingerprint density at radius 3 is 2.47 bits per heavy atom. The molecule has 0 saturated heterocycles. The van der Waals surface area contributed by atoms with Crippen LogP contribution >= 0.6 is 11.6 Å². The summed E-state index contributed by atoms with van der Waals surface area (Å²) in [6, 6.07) is 15.6. The number of halogens is 1. The highest BCUT2D eigenvalue weighted by molar-refractivity contribution is 6.30. The minimum Gasteiger partial charge on any atom is -0.351 e. The molecule has 0 saturated carbocycles. The van der Waals surface area contributed by atoms with E-state index in [0.29, 0.717) is 11.6 Å². The number of hydrogen-bond acceptors (Lipinski definition) is 2. The van der Waals surface area contributed by atoms with Crippen molar-refractivity contribution in [3.8, 4) is 11.1 Å². The van der Waals surface area contributed by atoms with Crippen LogP contribution in [0.3, 0.4) is 0 Å². The Kier molecular flexibility index (Phi) is 4.55. The van der Waals surface area contributed by atoms with Gasteiger partial charge in [0.25, 0.3) is 0 Å². The SMILES string of the molecule is NCC(=O)NCc1ccccc1-c1ccc(Cl)cc1. The van der Waals surface area contributed by atoms with Crippen molar-refractivity contribution < 1.29 is 4.79 Å². The molecule has 0 unspecified atom stereocenters. The van der Waals surface area contributed by atoms with E-state index in [0.717, 1.165) is 16.7 Å². The van der Waals surface area contributed by atoms with E-state index in [1.54, 1.807) is 0 Å². The van der Waals surface area contributed by atoms with Gasteiger partial charge in [0.2, 0.25) is 5.91 Å². The Hall–Kier alpha value is -1.84. The van der Waals surface area contributed by atoms with Crippen LogP contribution < -0.4 is 11.1 Å². The smallest absolute Gasteiger partial charge is 0.234 e. The van der Waals surface area contributed by atoms with Gasteiger partial charge < -0.3 is 11.1 Å². The Labute approximate surface area is 117 Å². The number of nitrogens with two attached hydrogens (primary N) is 1. The highest BCUT2D eigenvalue weighted by Gasteiger charge is 2.05. The zero-order valence-corrected chi connectivity index (χ0v) is 11.2. The second kappa shape index (κ2) is 6.36. The molecule has 0 bridgehead atoms. The van der Waals surface area contributed by atoms with E-state index < -0.39 is 0 Å². The van der Waals surface area contributed by atoms with Crippen LogP contribution in [-0.2, 0) is 11.3 Å². The third kappa shape index (κ3) is 3.56. The maximum atomic E-state index is 11.2. The Morgan fingerprint density at radius 2 is 1.79 bits per heavy atom. The van der Waals surface area contributed by atoms with Gasteiger partial charge in [0.15, 0.2) is 0 Å². The van der Waals surface area contributed by atoms with Crippen molar-refractivity contribution in [2.45, 2.75) is 6.54 Å². The molecule has 0 aliphatic rings. The van der Waals surface area contributed by atoms with Gasteiger partial charge in [-0.25, -0.2) is 0 Å². The van der Waals surface area contributed by atoms with E-state index in [1.165, 1.54) is 0 Å². The second-order valence-electron chi connectivity index (χ2n) is 4.14. The fourth-order valence-corrected chi connectivity index (χ4v) is 1.98. The molecular formula is C15H15ClN2O. The molecule has 0 fully saturated rings. The molecule has 2 aromatic rings. The van der Waals surface area contributed by atoms with E-state index in [9.17, 15) is 4.79 Å². The number of hydrogen-bond donors (Lipinski definition) is 2. The lowest BCUT2D eigenvalue weighted by atomic mass is 10.00. The van der Waals surface area contributed by atoms with Crippen molar-refractivity contribution in [1.82, 2.24) is 5.32 Å². The highest BCUT2D eigenvalue weighted by Crippen LogP contribution is 2.25. The Morgan fingerprint density at radius 1 is 1.11 bits per heavy atom. The molecule has 0 spiro atoms. The van der Waals surface area contributed by atoms with Gasteiger partial charge >= 0.3 is 0 Å². The van der Waals surface area contributed by atoms with Crippen LogP contribution in [0.4, 0.5) is 0 Å². The normalized spacial score (nSPS) is 10.2. The number of nitrogens with one attached hydrogen (secondary N) is 1. The lowest BCUT2D eigenvalue weighted by molar-refractivity contribution is -0.119. The van der Waals surface area contributed by atoms with E-state index >= 15 is 0 Å². The maximum Gasteiger partial charge on any atom is 0.234 e. The molecule has 0 heterocycles. The minimum absolute atomic E-state index is 0.00309. The molecule has 0 aliphatic heterocycles. The first kappa shape index (κ1) is 13.6. The lowest BCUT2D eigenvalue weighted by Gasteiger charge is -2.10. The monoisotopic (exact) mass is 274 g/mol. The summed E-state index contributed by atoms with van der Waals surface area (Å²) in [4.78, 5) is 11.2. The average Bonchev–Trinajstić information content (AvgIpc) is 2.46. The van der Waals surface area contributed by atoms with Crippen molar-refractivity contribution in [2.24, 2.45) is 5.73 Å². The van der Waals surface area contributed by atoms with Crippen LogP contribution in [0.1, 0.15) is 5.56 Å². The molecule has 0 aliphatic carbocycles. The fraction of sp³-hybridized carbons (Fsp3) is 0.133. The van der Waals surface area contributed by atoms with Gasteiger partial charge in [0.05, 0.1) is 6.54 Å². The summed E-state index contributed by atoms with van der Waals surface area (Å²) in [5.41, 5.74) is 8.47. The summed E-state index contributed by atoms with van der Waals surface area (Å²) in [7, 11) is 0. The summed E-state index contributed by atoms with van der Waals surface area (Å²) < 4.78 is 0. The summed E-state index contributed by atoms with van der Waals surface area (Å²) in [6.07, 6.45) is 0. The highest BCUT2D eigenvalue weighted by atomic mass is 35.5. The largest absolute Gasteiger partial charge is 0.351 e. The van der Waals surface area contributed by atoms with E-state index in [1.807, 2.05) is 48.5 Å². The van der Waals surface area contributed by atoms with Crippen LogP contribution in [0.25, 0.3) is 11.1 Å². The van der Waals surface area contributed by atoms with E-state index in [4.69, 9.17) is 17.3 Å². The number of carbonyl (C=O) groups is 1. The molecule has 4 heteroatoms. The maximum absolute atomic E-state index is 11.2. The van der Waals surface area contributed by atoms with Crippen LogP contribution in [0.2, 0.25) is 5.02 Å². The van der Waals surface area contributed by atoms with Crippen LogP contribution in [0.15, 0.2) is 48.5 Å². The van der Waals surface area contributed by atoms with Gasteiger partial charge in [0, 0.05) is 11.6 Å². The fourth-order valence-electron chi connectivity index (χ4n) is 1.85. The predicted molar refractivity (Wildman–Crippen MR) is 77.8 cm³/mol. The third-order valence-corrected chi connectivity index (χ3v) is 3.09. The minimum atomic E-state index is -0.161. The average molecular weight is 275 g/mol. The Balaban J connectivity index is 2.25. The topological polar surface area (TPSA) is 55.1 Å². The van der Waals surface area contributed by atoms with Crippen molar-refractivity contribution in [1.29, 1.82) is 0 Å². The Bertz CT molecular complexity index is 567. The lowest BCUT2D eigenvalue weighted by Crippen LogP contribution is -2.29. The molecule has 19 heavy (non-hydrogen) atoms. The predicted octanol–water partition coefficient (Wildman–Crippen LogP) is 2.58. The van der Waals surface area contributed by atoms with Gasteiger partial charge in [-0.1, -0.05) is 48.0 Å². The standard InChI is InChI=1S/C15H15ClN2O/c16-13-7-5-11(6-8-13)14-4-2-1-3-12(14)10-18-15(19)9-17/h1-8H,9-10,17H2,(H,18,19). The molecule has 1 amide bonds. The van der Waals surface area contributed by atoms with Crippen LogP contribution in [0, 0.1) is 0 Å². The number of carbonyl (C=O) groups excluding carboxylic acids is 1. The van der Waals surface area contributed by atoms with Gasteiger partial charge in [-0.2, -0.15) is 0 Å². The molecule has 2 rings (SSSR count). The van der Waals surface area contributed by atoms with Gasteiger partial charge in [-0.3, -0.25) is 4.79 Å². The summed E-state index contributed by atoms with van der Waals surface area (Å²) in [5, 5.41) is 3.49. The number of benzene rings is 2. The molecular weight excluding hydrogens is 260 g/mol. The molecule has 0 atom stereocenters. The zero-order valence-electron chi connectivity index (χ0n) is 10.4. The van der Waals surface area contributed by atoms with Crippen molar-refractivity contribution >= 4 is 17.5 Å². The van der Waals surface area contributed by atoms with Crippen molar-refractivity contribution in [3.05, 3.63) is 59.1 Å². The summed E-state index contributed by atoms with van der Waals surface area (Å²) >= 11 is 5.89. The van der Waals surface area contributed by atoms with Crippen molar-refractivity contribution in [3.63, 3.8) is 0 Å². The van der Waals surface area contributed by atoms with Gasteiger partial charge in [0.1, 0.15) is 0 Å². The quantitative estimate of drug-likeness (QED) is 0.900. The molecule has 0 aromatic heterocycles. The molecule has 98 valence electrons. The molecule has 3 N–H and O–H groups in total. The first-order valence-corrected chi connectivity index (χ1v) is 6.39. The first-order chi connectivity index (χ1) is 9.20. The van der Waals surface area contributed by atoms with Crippen LogP contribution in [0.5, 0.6) is 0 Å².